The van der Waals surface area contributed by atoms with Crippen molar-refractivity contribution in [1.29, 1.82) is 0 Å². The lowest BCUT2D eigenvalue weighted by Crippen LogP contribution is -2.67. The molecule has 0 radical (unpaired) electrons. The number of nitrogens with zero attached hydrogens (tertiary/aromatic N) is 2. The van der Waals surface area contributed by atoms with Crippen LogP contribution in [0.5, 0.6) is 0 Å². The molecule has 1 fully saturated rings. The molecule has 0 spiro atoms. The molecule has 0 aliphatic carbocycles. The van der Waals surface area contributed by atoms with Crippen molar-refractivity contribution in [3.05, 3.63) is 47.5 Å². The topological polar surface area (TPSA) is 105 Å². The van der Waals surface area contributed by atoms with Gasteiger partial charge in [-0.1, -0.05) is 34.3 Å². The van der Waals surface area contributed by atoms with Crippen molar-refractivity contribution in [3.8, 4) is 0 Å². The van der Waals surface area contributed by atoms with E-state index in [4.69, 9.17) is 4.74 Å². The first kappa shape index (κ1) is 18.6. The molecule has 3 rings (SSSR count). The Balaban J connectivity index is 2.18. The van der Waals surface area contributed by atoms with Gasteiger partial charge >= 0.3 is 22.2 Å². The highest BCUT2D eigenvalue weighted by Gasteiger charge is 2.59. The summed E-state index contributed by atoms with van der Waals surface area (Å²) < 4.78 is 37.6. The summed E-state index contributed by atoms with van der Waals surface area (Å²) in [5, 5.41) is 12.1. The van der Waals surface area contributed by atoms with Crippen LogP contribution in [0.25, 0.3) is 0 Å². The molecular weight excluding hydrogens is 362 g/mol. The Morgan fingerprint density at radius 1 is 1.27 bits per heavy atom. The van der Waals surface area contributed by atoms with E-state index >= 15 is 0 Å². The second-order valence-electron chi connectivity index (χ2n) is 6.11. The van der Waals surface area contributed by atoms with Crippen LogP contribution >= 0.6 is 0 Å². The van der Waals surface area contributed by atoms with Crippen molar-refractivity contribution in [3.63, 3.8) is 0 Å². The zero-order chi connectivity index (χ0) is 18.8. The van der Waals surface area contributed by atoms with Crippen LogP contribution < -0.4 is 4.72 Å². The SMILES string of the molecule is COC(=O)OC1=C(O)CNS(=O)(=O)[N+]1(Cc1ccccc1)N1CCCC1. The van der Waals surface area contributed by atoms with Crippen LogP contribution in [-0.4, -0.2) is 55.4 Å². The Morgan fingerprint density at radius 2 is 1.92 bits per heavy atom. The van der Waals surface area contributed by atoms with Crippen LogP contribution in [0.15, 0.2) is 42.0 Å². The van der Waals surface area contributed by atoms with Crippen molar-refractivity contribution in [1.82, 2.24) is 9.73 Å². The van der Waals surface area contributed by atoms with E-state index in [1.807, 2.05) is 6.07 Å². The number of methoxy groups -OCH3 is 1. The second kappa shape index (κ2) is 7.23. The van der Waals surface area contributed by atoms with E-state index in [2.05, 4.69) is 9.46 Å². The molecule has 1 atom stereocenters. The third kappa shape index (κ3) is 3.16. The third-order valence-electron chi connectivity index (χ3n) is 4.51. The first-order valence-electron chi connectivity index (χ1n) is 8.26. The predicted molar refractivity (Wildman–Crippen MR) is 91.3 cm³/mol. The number of rotatable bonds is 4. The first-order chi connectivity index (χ1) is 12.4. The summed E-state index contributed by atoms with van der Waals surface area (Å²) in [5.74, 6) is -0.700. The van der Waals surface area contributed by atoms with Crippen molar-refractivity contribution >= 4 is 16.4 Å². The van der Waals surface area contributed by atoms with E-state index in [-0.39, 0.29) is 24.7 Å². The number of nitrogens with one attached hydrogen (secondary N) is 1. The van der Waals surface area contributed by atoms with Gasteiger partial charge in [-0.05, 0) is 12.8 Å². The van der Waals surface area contributed by atoms with Crippen molar-refractivity contribution in [2.45, 2.75) is 19.4 Å². The van der Waals surface area contributed by atoms with Crippen LogP contribution in [0.1, 0.15) is 18.4 Å². The van der Waals surface area contributed by atoms with Crippen LogP contribution in [0.3, 0.4) is 0 Å². The minimum absolute atomic E-state index is 0.0352. The highest BCUT2D eigenvalue weighted by molar-refractivity contribution is 7.84. The van der Waals surface area contributed by atoms with E-state index in [0.717, 1.165) is 20.0 Å². The van der Waals surface area contributed by atoms with Crippen LogP contribution in [-0.2, 0) is 26.2 Å². The fraction of sp³-hybridized carbons (Fsp3) is 0.438. The van der Waals surface area contributed by atoms with Gasteiger partial charge in [-0.3, -0.25) is 0 Å². The summed E-state index contributed by atoms with van der Waals surface area (Å²) in [4.78, 5) is 11.8. The van der Waals surface area contributed by atoms with Crippen LogP contribution in [0.2, 0.25) is 0 Å². The van der Waals surface area contributed by atoms with Crippen LogP contribution in [0.4, 0.5) is 4.79 Å². The minimum Gasteiger partial charge on any atom is -0.503 e. The van der Waals surface area contributed by atoms with Gasteiger partial charge in [0.15, 0.2) is 0 Å². The maximum Gasteiger partial charge on any atom is 0.517 e. The van der Waals surface area contributed by atoms with Gasteiger partial charge in [0.1, 0.15) is 6.54 Å². The monoisotopic (exact) mass is 384 g/mol. The van der Waals surface area contributed by atoms with Gasteiger partial charge in [-0.15, -0.1) is 5.01 Å². The van der Waals surface area contributed by atoms with Crippen molar-refractivity contribution in [2.75, 3.05) is 26.7 Å². The summed E-state index contributed by atoms with van der Waals surface area (Å²) in [5.41, 5.74) is 0.713. The molecule has 0 aromatic heterocycles. The number of ether oxygens (including phenoxy) is 2. The number of aliphatic hydroxyl groups excluding tert-OH is 1. The molecular formula is C16H22N3O6S+. The van der Waals surface area contributed by atoms with Gasteiger partial charge < -0.3 is 14.6 Å². The van der Waals surface area contributed by atoms with Gasteiger partial charge in [0.05, 0.1) is 13.7 Å². The summed E-state index contributed by atoms with van der Waals surface area (Å²) in [6.07, 6.45) is 0.520. The quantitative estimate of drug-likeness (QED) is 0.597. The van der Waals surface area contributed by atoms with Crippen LogP contribution in [0, 0.1) is 0 Å². The summed E-state index contributed by atoms with van der Waals surface area (Å²) in [6.45, 7) is 0.577. The summed E-state index contributed by atoms with van der Waals surface area (Å²) >= 11 is 0. The number of carbonyl (C=O) groups excluding carboxylic acids is 1. The Labute approximate surface area is 152 Å². The molecule has 0 amide bonds. The molecule has 2 aliphatic heterocycles. The zero-order valence-electron chi connectivity index (χ0n) is 14.4. The van der Waals surface area contributed by atoms with Gasteiger partial charge in [0.2, 0.25) is 5.76 Å². The van der Waals surface area contributed by atoms with E-state index in [9.17, 15) is 18.3 Å². The van der Waals surface area contributed by atoms with Gasteiger partial charge in [0, 0.05) is 18.7 Å². The highest BCUT2D eigenvalue weighted by atomic mass is 32.2. The lowest BCUT2D eigenvalue weighted by molar-refractivity contribution is -0.919. The number of quaternary nitrogens is 1. The average molecular weight is 384 g/mol. The minimum atomic E-state index is -4.04. The Bertz CT molecular complexity index is 805. The highest BCUT2D eigenvalue weighted by Crippen LogP contribution is 2.37. The standard InChI is InChI=1S/C16H21N3O6S/c1-24-16(21)25-15-14(20)11-17-26(22,23)19(15,18-9-5-6-10-18)12-13-7-3-2-4-8-13/h2-4,7-8,17H,5-6,9-12H2,1H3/p+1. The Kier molecular flexibility index (Phi) is 5.19. The summed E-state index contributed by atoms with van der Waals surface area (Å²) in [7, 11) is -2.92. The molecule has 1 aromatic carbocycles. The van der Waals surface area contributed by atoms with Gasteiger partial charge in [-0.25, -0.2) is 4.79 Å². The molecule has 26 heavy (non-hydrogen) atoms. The fourth-order valence-corrected chi connectivity index (χ4v) is 4.98. The van der Waals surface area contributed by atoms with Gasteiger partial charge in [0.25, 0.3) is 0 Å². The lowest BCUT2D eigenvalue weighted by atomic mass is 10.2. The number of aliphatic hydroxyl groups is 1. The Hall–Kier alpha value is -2.14. The lowest BCUT2D eigenvalue weighted by Gasteiger charge is -2.42. The normalized spacial score (nSPS) is 25.9. The predicted octanol–water partition coefficient (Wildman–Crippen LogP) is 1.37. The average Bonchev–Trinajstić information content (AvgIpc) is 3.17. The van der Waals surface area contributed by atoms with E-state index in [1.165, 1.54) is 0 Å². The van der Waals surface area contributed by atoms with Crippen molar-refractivity contribution in [2.24, 2.45) is 0 Å². The fourth-order valence-electron chi connectivity index (χ4n) is 3.30. The van der Waals surface area contributed by atoms with Gasteiger partial charge in [-0.2, -0.15) is 13.1 Å². The van der Waals surface area contributed by atoms with E-state index in [0.29, 0.717) is 18.7 Å². The molecule has 2 aliphatic rings. The Morgan fingerprint density at radius 3 is 2.54 bits per heavy atom. The maximum absolute atomic E-state index is 13.2. The smallest absolute Gasteiger partial charge is 0.503 e. The number of carbonyl (C=O) groups is 1. The number of hydrogen-bond acceptors (Lipinski definition) is 7. The number of hydrogen-bond donors (Lipinski definition) is 2. The molecule has 2 N–H and O–H groups in total. The number of benzene rings is 1. The largest absolute Gasteiger partial charge is 0.517 e. The zero-order valence-corrected chi connectivity index (χ0v) is 15.2. The molecule has 1 aromatic rings. The molecule has 0 saturated carbocycles. The summed E-state index contributed by atoms with van der Waals surface area (Å²) in [6, 6.07) is 8.99. The molecule has 10 heteroatoms. The van der Waals surface area contributed by atoms with Crippen molar-refractivity contribution < 1.29 is 31.8 Å². The van der Waals surface area contributed by atoms with E-state index in [1.54, 1.807) is 29.3 Å². The van der Waals surface area contributed by atoms with E-state index < -0.39 is 20.4 Å². The molecule has 0 bridgehead atoms. The second-order valence-corrected chi connectivity index (χ2v) is 7.95. The molecule has 142 valence electrons. The maximum atomic E-state index is 13.2. The first-order valence-corrected chi connectivity index (χ1v) is 9.70. The molecule has 1 unspecified atom stereocenters. The molecule has 9 nitrogen and oxygen atoms in total. The molecule has 1 saturated heterocycles. The third-order valence-corrected chi connectivity index (χ3v) is 6.34. The molecule has 2 heterocycles.